The number of nitrogens with zero attached hydrogens (tertiary/aromatic N) is 2. The van der Waals surface area contributed by atoms with E-state index in [1.54, 1.807) is 38.4 Å². The molecule has 0 fully saturated rings. The number of carbonyl (C=O) groups is 3. The van der Waals surface area contributed by atoms with E-state index in [1.165, 1.54) is 23.1 Å². The van der Waals surface area contributed by atoms with Gasteiger partial charge in [-0.1, -0.05) is 18.2 Å². The first-order valence-electron chi connectivity index (χ1n) is 10.00. The number of rotatable bonds is 7. The fraction of sp³-hybridized carbons (Fsp3) is 0.304. The van der Waals surface area contributed by atoms with E-state index in [1.807, 2.05) is 6.07 Å². The van der Waals surface area contributed by atoms with Crippen LogP contribution in [-0.4, -0.2) is 40.8 Å². The van der Waals surface area contributed by atoms with E-state index in [-0.39, 0.29) is 43.5 Å². The Hall–Kier alpha value is -3.55. The van der Waals surface area contributed by atoms with E-state index < -0.39 is 17.7 Å². The topological polar surface area (TPSA) is 88.6 Å². The third-order valence-corrected chi connectivity index (χ3v) is 5.08. The molecule has 1 N–H and O–H groups in total. The highest BCUT2D eigenvalue weighted by Crippen LogP contribution is 2.37. The zero-order valence-electron chi connectivity index (χ0n) is 17.4. The third kappa shape index (κ3) is 5.33. The van der Waals surface area contributed by atoms with E-state index in [0.717, 1.165) is 5.56 Å². The highest BCUT2D eigenvalue weighted by Gasteiger charge is 2.37. The van der Waals surface area contributed by atoms with Gasteiger partial charge in [0.2, 0.25) is 11.8 Å². The zero-order chi connectivity index (χ0) is 22.4. The molecule has 1 aromatic carbocycles. The van der Waals surface area contributed by atoms with Crippen LogP contribution in [0.25, 0.3) is 0 Å². The van der Waals surface area contributed by atoms with Gasteiger partial charge in [-0.2, -0.15) is 0 Å². The fourth-order valence-corrected chi connectivity index (χ4v) is 3.59. The Morgan fingerprint density at radius 2 is 2.10 bits per heavy atom. The summed E-state index contributed by atoms with van der Waals surface area (Å²) >= 11 is 0. The number of halogens is 1. The highest BCUT2D eigenvalue weighted by atomic mass is 19.1. The number of ether oxygens (including phenoxy) is 1. The van der Waals surface area contributed by atoms with Gasteiger partial charge in [0.05, 0.1) is 12.2 Å². The molecule has 0 radical (unpaired) electrons. The summed E-state index contributed by atoms with van der Waals surface area (Å²) in [7, 11) is 0. The second-order valence-corrected chi connectivity index (χ2v) is 7.15. The molecular weight excluding hydrogens is 401 g/mol. The second-order valence-electron chi connectivity index (χ2n) is 7.15. The van der Waals surface area contributed by atoms with Crippen LogP contribution in [0.4, 0.5) is 4.39 Å². The molecule has 0 saturated carbocycles. The number of aromatic nitrogens is 1. The number of hydrogen-bond acceptors (Lipinski definition) is 5. The van der Waals surface area contributed by atoms with Gasteiger partial charge < -0.3 is 15.0 Å². The number of carbonyl (C=O) groups excluding carboxylic acids is 3. The standard InChI is InChI=1S/C23H24FN3O4/c1-3-31-23(30)22-15(2)27(14-20(28)26-13-16-6-5-9-25-12-16)21(29)11-19(22)17-7-4-8-18(24)10-17/h4-10,12,19H,3,11,13-14H2,1-2H3,(H,26,28). The molecule has 1 unspecified atom stereocenters. The van der Waals surface area contributed by atoms with Gasteiger partial charge in [0, 0.05) is 37.0 Å². The van der Waals surface area contributed by atoms with Crippen molar-refractivity contribution in [2.75, 3.05) is 13.2 Å². The summed E-state index contributed by atoms with van der Waals surface area (Å²) in [6.45, 7) is 3.48. The van der Waals surface area contributed by atoms with Crippen molar-refractivity contribution in [2.24, 2.45) is 0 Å². The van der Waals surface area contributed by atoms with Crippen molar-refractivity contribution in [3.63, 3.8) is 0 Å². The van der Waals surface area contributed by atoms with Crippen molar-refractivity contribution in [3.8, 4) is 0 Å². The molecule has 0 aliphatic carbocycles. The van der Waals surface area contributed by atoms with Gasteiger partial charge in [0.25, 0.3) is 0 Å². The Kier molecular flexibility index (Phi) is 7.12. The second kappa shape index (κ2) is 9.97. The van der Waals surface area contributed by atoms with Gasteiger partial charge in [-0.3, -0.25) is 14.6 Å². The minimum absolute atomic E-state index is 0.0647. The van der Waals surface area contributed by atoms with Crippen LogP contribution in [0, 0.1) is 5.82 Å². The van der Waals surface area contributed by atoms with Crippen LogP contribution < -0.4 is 5.32 Å². The number of amides is 2. The van der Waals surface area contributed by atoms with Gasteiger partial charge in [0.15, 0.2) is 0 Å². The normalized spacial score (nSPS) is 16.3. The Morgan fingerprint density at radius 3 is 2.77 bits per heavy atom. The lowest BCUT2D eigenvalue weighted by molar-refractivity contribution is -0.141. The lowest BCUT2D eigenvalue weighted by Gasteiger charge is -2.34. The van der Waals surface area contributed by atoms with Crippen molar-refractivity contribution >= 4 is 17.8 Å². The van der Waals surface area contributed by atoms with Gasteiger partial charge in [-0.25, -0.2) is 9.18 Å². The molecule has 0 spiro atoms. The molecule has 1 aliphatic heterocycles. The van der Waals surface area contributed by atoms with Crippen molar-refractivity contribution in [2.45, 2.75) is 32.7 Å². The molecule has 3 rings (SSSR count). The van der Waals surface area contributed by atoms with E-state index >= 15 is 0 Å². The summed E-state index contributed by atoms with van der Waals surface area (Å²) in [4.78, 5) is 43.3. The molecule has 7 nitrogen and oxygen atoms in total. The number of hydrogen-bond donors (Lipinski definition) is 1. The van der Waals surface area contributed by atoms with Crippen molar-refractivity contribution in [3.05, 3.63) is 77.0 Å². The maximum Gasteiger partial charge on any atom is 0.336 e. The van der Waals surface area contributed by atoms with Crippen LogP contribution >= 0.6 is 0 Å². The van der Waals surface area contributed by atoms with E-state index in [9.17, 15) is 18.8 Å². The number of allylic oxidation sites excluding steroid dienone is 1. The predicted octanol–water partition coefficient (Wildman–Crippen LogP) is 2.69. The van der Waals surface area contributed by atoms with E-state index in [0.29, 0.717) is 11.3 Å². The van der Waals surface area contributed by atoms with Gasteiger partial charge in [-0.15, -0.1) is 0 Å². The van der Waals surface area contributed by atoms with Crippen LogP contribution in [0.5, 0.6) is 0 Å². The molecule has 162 valence electrons. The minimum Gasteiger partial charge on any atom is -0.463 e. The summed E-state index contributed by atoms with van der Waals surface area (Å²) in [5.41, 5.74) is 1.93. The minimum atomic E-state index is -0.642. The number of pyridine rings is 1. The lowest BCUT2D eigenvalue weighted by Crippen LogP contribution is -2.44. The Bertz CT molecular complexity index is 1010. The first-order valence-corrected chi connectivity index (χ1v) is 10.00. The zero-order valence-corrected chi connectivity index (χ0v) is 17.4. The molecule has 1 aromatic heterocycles. The summed E-state index contributed by atoms with van der Waals surface area (Å²) in [6, 6.07) is 9.40. The van der Waals surface area contributed by atoms with Crippen LogP contribution in [0.1, 0.15) is 37.3 Å². The van der Waals surface area contributed by atoms with Crippen LogP contribution in [0.15, 0.2) is 60.1 Å². The largest absolute Gasteiger partial charge is 0.463 e. The average molecular weight is 425 g/mol. The van der Waals surface area contributed by atoms with Gasteiger partial charge in [0.1, 0.15) is 12.4 Å². The molecular formula is C23H24FN3O4. The van der Waals surface area contributed by atoms with Crippen molar-refractivity contribution in [1.82, 2.24) is 15.2 Å². The molecule has 0 bridgehead atoms. The quantitative estimate of drug-likeness (QED) is 0.689. The lowest BCUT2D eigenvalue weighted by atomic mass is 9.83. The Labute approximate surface area is 179 Å². The van der Waals surface area contributed by atoms with Gasteiger partial charge >= 0.3 is 5.97 Å². The first kappa shape index (κ1) is 22.1. The summed E-state index contributed by atoms with van der Waals surface area (Å²) in [5, 5.41) is 2.75. The smallest absolute Gasteiger partial charge is 0.336 e. The maximum absolute atomic E-state index is 13.8. The molecule has 1 aliphatic rings. The first-order chi connectivity index (χ1) is 14.9. The molecule has 31 heavy (non-hydrogen) atoms. The van der Waals surface area contributed by atoms with Gasteiger partial charge in [-0.05, 0) is 43.2 Å². The predicted molar refractivity (Wildman–Crippen MR) is 111 cm³/mol. The van der Waals surface area contributed by atoms with Crippen LogP contribution in [0.2, 0.25) is 0 Å². The monoisotopic (exact) mass is 425 g/mol. The summed E-state index contributed by atoms with van der Waals surface area (Å²) in [5.74, 6) is -2.37. The number of benzene rings is 1. The van der Waals surface area contributed by atoms with E-state index in [4.69, 9.17) is 4.74 Å². The molecule has 2 heterocycles. The van der Waals surface area contributed by atoms with Crippen LogP contribution in [-0.2, 0) is 25.7 Å². The SMILES string of the molecule is CCOC(=O)C1=C(C)N(CC(=O)NCc2cccnc2)C(=O)CC1c1cccc(F)c1. The maximum atomic E-state index is 13.8. The number of nitrogens with one attached hydrogen (secondary N) is 1. The molecule has 0 saturated heterocycles. The van der Waals surface area contributed by atoms with Crippen LogP contribution in [0.3, 0.4) is 0 Å². The summed E-state index contributed by atoms with van der Waals surface area (Å²) in [6.07, 6.45) is 3.21. The third-order valence-electron chi connectivity index (χ3n) is 5.08. The molecule has 8 heteroatoms. The highest BCUT2D eigenvalue weighted by molar-refractivity contribution is 5.97. The average Bonchev–Trinajstić information content (AvgIpc) is 2.75. The Morgan fingerprint density at radius 1 is 1.29 bits per heavy atom. The molecule has 2 aromatic rings. The Balaban J connectivity index is 1.84. The van der Waals surface area contributed by atoms with Crippen molar-refractivity contribution < 1.29 is 23.5 Å². The molecule has 1 atom stereocenters. The fourth-order valence-electron chi connectivity index (χ4n) is 3.59. The van der Waals surface area contributed by atoms with Crippen molar-refractivity contribution in [1.29, 1.82) is 0 Å². The summed E-state index contributed by atoms with van der Waals surface area (Å²) < 4.78 is 19.0. The number of esters is 1. The van der Waals surface area contributed by atoms with E-state index in [2.05, 4.69) is 10.3 Å². The molecule has 2 amide bonds.